The van der Waals surface area contributed by atoms with Gasteiger partial charge in [-0.25, -0.2) is 0 Å². The lowest BCUT2D eigenvalue weighted by atomic mass is 10.2. The van der Waals surface area contributed by atoms with E-state index >= 15 is 0 Å². The molecule has 0 heterocycles. The van der Waals surface area contributed by atoms with E-state index < -0.39 is 12.0 Å². The van der Waals surface area contributed by atoms with Crippen LogP contribution in [0.4, 0.5) is 0 Å². The third kappa shape index (κ3) is 4.70. The highest BCUT2D eigenvalue weighted by Gasteiger charge is 2.16. The van der Waals surface area contributed by atoms with Crippen molar-refractivity contribution >= 4 is 17.7 Å². The van der Waals surface area contributed by atoms with Crippen LogP contribution in [0, 0.1) is 13.8 Å². The zero-order chi connectivity index (χ0) is 13.5. The summed E-state index contributed by atoms with van der Waals surface area (Å²) in [6.45, 7) is 6.87. The van der Waals surface area contributed by atoms with Crippen LogP contribution >= 0.6 is 11.8 Å². The van der Waals surface area contributed by atoms with Gasteiger partial charge in [-0.1, -0.05) is 24.6 Å². The van der Waals surface area contributed by atoms with Crippen molar-refractivity contribution in [1.82, 2.24) is 5.32 Å². The van der Waals surface area contributed by atoms with Crippen molar-refractivity contribution in [2.75, 3.05) is 12.3 Å². The van der Waals surface area contributed by atoms with Gasteiger partial charge in [-0.15, -0.1) is 11.8 Å². The average molecular weight is 267 g/mol. The summed E-state index contributed by atoms with van der Waals surface area (Å²) >= 11 is 1.60. The lowest BCUT2D eigenvalue weighted by molar-refractivity contribution is -0.138. The van der Waals surface area contributed by atoms with Gasteiger partial charge in [-0.2, -0.15) is 0 Å². The van der Waals surface area contributed by atoms with Crippen molar-refractivity contribution in [1.29, 1.82) is 0 Å². The molecule has 3 nitrogen and oxygen atoms in total. The number of nitrogens with one attached hydrogen (secondary N) is 1. The van der Waals surface area contributed by atoms with Crippen LogP contribution in [0.3, 0.4) is 0 Å². The fourth-order valence-electron chi connectivity index (χ4n) is 1.57. The van der Waals surface area contributed by atoms with Crippen LogP contribution in [0.2, 0.25) is 0 Å². The second-order valence-corrected chi connectivity index (χ2v) is 5.49. The number of carboxylic acid groups (broad SMARTS) is 1. The third-order valence-corrected chi connectivity index (χ3v) is 3.94. The first-order valence-corrected chi connectivity index (χ1v) is 7.19. The number of benzene rings is 1. The van der Waals surface area contributed by atoms with Crippen molar-refractivity contribution in [3.63, 3.8) is 0 Å². The van der Waals surface area contributed by atoms with E-state index in [0.29, 0.717) is 5.75 Å². The van der Waals surface area contributed by atoms with Crippen LogP contribution in [0.5, 0.6) is 0 Å². The summed E-state index contributed by atoms with van der Waals surface area (Å²) in [4.78, 5) is 12.3. The van der Waals surface area contributed by atoms with E-state index in [0.717, 1.165) is 13.0 Å². The molecular formula is C14H21NO2S. The summed E-state index contributed by atoms with van der Waals surface area (Å²) in [6.07, 6.45) is 0.942. The minimum absolute atomic E-state index is 0.477. The molecule has 1 rings (SSSR count). The zero-order valence-corrected chi connectivity index (χ0v) is 12.0. The van der Waals surface area contributed by atoms with Gasteiger partial charge < -0.3 is 10.4 Å². The van der Waals surface area contributed by atoms with Crippen LogP contribution in [-0.4, -0.2) is 29.4 Å². The predicted molar refractivity (Wildman–Crippen MR) is 76.4 cm³/mol. The quantitative estimate of drug-likeness (QED) is 0.746. The van der Waals surface area contributed by atoms with Crippen LogP contribution in [-0.2, 0) is 4.79 Å². The lowest BCUT2D eigenvalue weighted by Gasteiger charge is -2.14. The highest BCUT2D eigenvalue weighted by molar-refractivity contribution is 7.99. The van der Waals surface area contributed by atoms with Crippen molar-refractivity contribution in [3.05, 3.63) is 29.3 Å². The van der Waals surface area contributed by atoms with E-state index in [1.165, 1.54) is 16.0 Å². The number of hydrogen-bond acceptors (Lipinski definition) is 3. The molecule has 4 heteroatoms. The van der Waals surface area contributed by atoms with Crippen molar-refractivity contribution in [3.8, 4) is 0 Å². The van der Waals surface area contributed by atoms with Gasteiger partial charge in [-0.05, 0) is 38.4 Å². The minimum atomic E-state index is -0.777. The monoisotopic (exact) mass is 267 g/mol. The van der Waals surface area contributed by atoms with Gasteiger partial charge in [-0.3, -0.25) is 4.79 Å². The Morgan fingerprint density at radius 2 is 2.17 bits per heavy atom. The predicted octanol–water partition coefficient (Wildman–Crippen LogP) is 2.85. The molecule has 0 radical (unpaired) electrons. The van der Waals surface area contributed by atoms with Gasteiger partial charge in [0.25, 0.3) is 0 Å². The van der Waals surface area contributed by atoms with E-state index in [-0.39, 0.29) is 0 Å². The Balaban J connectivity index is 2.60. The molecule has 0 aliphatic carbocycles. The van der Waals surface area contributed by atoms with E-state index in [1.807, 2.05) is 13.8 Å². The molecule has 1 aromatic rings. The summed E-state index contributed by atoms with van der Waals surface area (Å²) in [5, 5.41) is 12.2. The highest BCUT2D eigenvalue weighted by Crippen LogP contribution is 2.24. The van der Waals surface area contributed by atoms with Crippen molar-refractivity contribution in [2.24, 2.45) is 0 Å². The molecule has 0 saturated heterocycles. The Hall–Kier alpha value is -1.00. The van der Waals surface area contributed by atoms with Gasteiger partial charge in [0.2, 0.25) is 0 Å². The second-order valence-electron chi connectivity index (χ2n) is 4.42. The number of carbonyl (C=O) groups is 1. The third-order valence-electron chi connectivity index (χ3n) is 2.69. The molecule has 1 unspecified atom stereocenters. The maximum atomic E-state index is 11.1. The maximum absolute atomic E-state index is 11.1. The van der Waals surface area contributed by atoms with Crippen molar-refractivity contribution < 1.29 is 9.90 Å². The second kappa shape index (κ2) is 7.44. The molecule has 0 spiro atoms. The number of carboxylic acids is 1. The van der Waals surface area contributed by atoms with E-state index in [9.17, 15) is 4.79 Å². The molecule has 0 aliphatic heterocycles. The standard InChI is InChI=1S/C14H21NO2S/c1-4-7-15-12(14(16)17)9-18-13-8-10(2)5-6-11(13)3/h5-6,8,12,15H,4,7,9H2,1-3H3,(H,16,17). The van der Waals surface area contributed by atoms with Crippen LogP contribution in [0.15, 0.2) is 23.1 Å². The molecule has 1 aromatic carbocycles. The van der Waals surface area contributed by atoms with Gasteiger partial charge in [0, 0.05) is 10.6 Å². The fourth-order valence-corrected chi connectivity index (χ4v) is 2.74. The molecule has 0 bridgehead atoms. The topological polar surface area (TPSA) is 49.3 Å². The molecule has 0 amide bonds. The molecule has 0 fully saturated rings. The van der Waals surface area contributed by atoms with Crippen LogP contribution in [0.1, 0.15) is 24.5 Å². The van der Waals surface area contributed by atoms with E-state index in [4.69, 9.17) is 5.11 Å². The van der Waals surface area contributed by atoms with Crippen molar-refractivity contribution in [2.45, 2.75) is 38.1 Å². The Labute approximate surface area is 113 Å². The summed E-state index contributed by atoms with van der Waals surface area (Å²) in [6, 6.07) is 5.78. The first-order chi connectivity index (χ1) is 8.54. The van der Waals surface area contributed by atoms with Crippen LogP contribution in [0.25, 0.3) is 0 Å². The molecular weight excluding hydrogens is 246 g/mol. The van der Waals surface area contributed by atoms with Gasteiger partial charge in [0.1, 0.15) is 6.04 Å². The highest BCUT2D eigenvalue weighted by atomic mass is 32.2. The zero-order valence-electron chi connectivity index (χ0n) is 11.2. The molecule has 18 heavy (non-hydrogen) atoms. The number of thioether (sulfide) groups is 1. The number of rotatable bonds is 7. The van der Waals surface area contributed by atoms with Gasteiger partial charge >= 0.3 is 5.97 Å². The first kappa shape index (κ1) is 15.1. The first-order valence-electron chi connectivity index (χ1n) is 6.20. The Morgan fingerprint density at radius 1 is 1.44 bits per heavy atom. The molecule has 0 saturated carbocycles. The Morgan fingerprint density at radius 3 is 2.78 bits per heavy atom. The summed E-state index contributed by atoms with van der Waals surface area (Å²) in [5.41, 5.74) is 2.40. The smallest absolute Gasteiger partial charge is 0.321 e. The number of aryl methyl sites for hydroxylation is 2. The summed E-state index contributed by atoms with van der Waals surface area (Å²) in [7, 11) is 0. The maximum Gasteiger partial charge on any atom is 0.321 e. The molecule has 2 N–H and O–H groups in total. The average Bonchev–Trinajstić information content (AvgIpc) is 2.33. The van der Waals surface area contributed by atoms with Crippen LogP contribution < -0.4 is 5.32 Å². The largest absolute Gasteiger partial charge is 0.480 e. The molecule has 1 atom stereocenters. The number of aliphatic carboxylic acids is 1. The van der Waals surface area contributed by atoms with Gasteiger partial charge in [0.05, 0.1) is 0 Å². The SMILES string of the molecule is CCCNC(CSc1cc(C)ccc1C)C(=O)O. The Bertz CT molecular complexity index is 407. The molecule has 100 valence electrons. The summed E-state index contributed by atoms with van der Waals surface area (Å²) < 4.78 is 0. The lowest BCUT2D eigenvalue weighted by Crippen LogP contribution is -2.39. The summed E-state index contributed by atoms with van der Waals surface area (Å²) in [5.74, 6) is -0.221. The van der Waals surface area contributed by atoms with Gasteiger partial charge in [0.15, 0.2) is 0 Å². The van der Waals surface area contributed by atoms with E-state index in [2.05, 4.69) is 30.4 Å². The fraction of sp³-hybridized carbons (Fsp3) is 0.500. The van der Waals surface area contributed by atoms with E-state index in [1.54, 1.807) is 11.8 Å². The molecule has 0 aliphatic rings. The normalized spacial score (nSPS) is 12.4. The minimum Gasteiger partial charge on any atom is -0.480 e. The Kier molecular flexibility index (Phi) is 6.22. The molecule has 0 aromatic heterocycles. The number of hydrogen-bond donors (Lipinski definition) is 2.